The number of fused-ring (bicyclic) bond motifs is 1. The van der Waals surface area contributed by atoms with Crippen LogP contribution in [0.3, 0.4) is 0 Å². The molecule has 0 saturated carbocycles. The number of ether oxygens (including phenoxy) is 1. The fourth-order valence-electron chi connectivity index (χ4n) is 3.43. The summed E-state index contributed by atoms with van der Waals surface area (Å²) < 4.78 is 4.86. The molecule has 0 bridgehead atoms. The molecule has 5 heteroatoms. The number of nitrogens with zero attached hydrogens (tertiary/aromatic N) is 2. The molecule has 0 spiro atoms. The van der Waals surface area contributed by atoms with Crippen LogP contribution >= 0.6 is 0 Å². The number of esters is 1. The lowest BCUT2D eigenvalue weighted by atomic mass is 9.93. The van der Waals surface area contributed by atoms with Crippen LogP contribution in [0.1, 0.15) is 24.5 Å². The standard InChI is InChI=1S/C21H25N3O2/c1-21(22,20(25)26-3)13-16-14-23-19(15-9-5-4-6-10-15)17-11-7-8-12-18(17)24(16)2/h4-12,16H,13-14,22H2,1-3H3. The number of carbonyl (C=O) groups is 1. The van der Waals surface area contributed by atoms with Gasteiger partial charge in [-0.25, -0.2) is 0 Å². The summed E-state index contributed by atoms with van der Waals surface area (Å²) >= 11 is 0. The Hall–Kier alpha value is -2.66. The summed E-state index contributed by atoms with van der Waals surface area (Å²) in [4.78, 5) is 19.1. The summed E-state index contributed by atoms with van der Waals surface area (Å²) in [7, 11) is 3.39. The largest absolute Gasteiger partial charge is 0.468 e. The molecule has 26 heavy (non-hydrogen) atoms. The Balaban J connectivity index is 2.01. The van der Waals surface area contributed by atoms with E-state index in [2.05, 4.69) is 29.2 Å². The molecular weight excluding hydrogens is 326 g/mol. The fraction of sp³-hybridized carbons (Fsp3) is 0.333. The Morgan fingerprint density at radius 2 is 1.88 bits per heavy atom. The van der Waals surface area contributed by atoms with Gasteiger partial charge in [-0.3, -0.25) is 9.79 Å². The molecule has 0 aliphatic carbocycles. The molecule has 0 saturated heterocycles. The van der Waals surface area contributed by atoms with E-state index in [4.69, 9.17) is 15.5 Å². The molecule has 5 nitrogen and oxygen atoms in total. The minimum absolute atomic E-state index is 0.00791. The summed E-state index contributed by atoms with van der Waals surface area (Å²) in [6.07, 6.45) is 0.454. The van der Waals surface area contributed by atoms with Gasteiger partial charge in [0, 0.05) is 23.9 Å². The van der Waals surface area contributed by atoms with E-state index in [1.165, 1.54) is 7.11 Å². The molecule has 1 aliphatic rings. The van der Waals surface area contributed by atoms with Crippen molar-refractivity contribution >= 4 is 17.4 Å². The van der Waals surface area contributed by atoms with E-state index in [1.54, 1.807) is 6.92 Å². The van der Waals surface area contributed by atoms with Gasteiger partial charge >= 0.3 is 5.97 Å². The van der Waals surface area contributed by atoms with Crippen LogP contribution in [-0.2, 0) is 9.53 Å². The van der Waals surface area contributed by atoms with Crippen molar-refractivity contribution in [2.24, 2.45) is 10.7 Å². The molecule has 0 amide bonds. The summed E-state index contributed by atoms with van der Waals surface area (Å²) in [6.45, 7) is 2.27. The average Bonchev–Trinajstić information content (AvgIpc) is 2.79. The number of nitrogens with two attached hydrogens (primary N) is 1. The predicted octanol–water partition coefficient (Wildman–Crippen LogP) is 2.62. The highest BCUT2D eigenvalue weighted by molar-refractivity contribution is 6.16. The van der Waals surface area contributed by atoms with Gasteiger partial charge in [0.1, 0.15) is 5.54 Å². The van der Waals surface area contributed by atoms with Crippen molar-refractivity contribution in [3.05, 3.63) is 65.7 Å². The number of hydrogen-bond acceptors (Lipinski definition) is 5. The third-order valence-electron chi connectivity index (χ3n) is 4.91. The van der Waals surface area contributed by atoms with Crippen LogP contribution in [0.25, 0.3) is 0 Å². The summed E-state index contributed by atoms with van der Waals surface area (Å²) in [5.74, 6) is -0.407. The number of benzodiazepines with no additional fused rings is 1. The van der Waals surface area contributed by atoms with E-state index in [-0.39, 0.29) is 6.04 Å². The van der Waals surface area contributed by atoms with Crippen LogP contribution in [0, 0.1) is 0 Å². The summed E-state index contributed by atoms with van der Waals surface area (Å²) in [5, 5.41) is 0. The first kappa shape index (κ1) is 18.1. The fourth-order valence-corrected chi connectivity index (χ4v) is 3.43. The lowest BCUT2D eigenvalue weighted by molar-refractivity contribution is -0.146. The van der Waals surface area contributed by atoms with Gasteiger partial charge in [0.15, 0.2) is 0 Å². The van der Waals surface area contributed by atoms with E-state index in [1.807, 2.05) is 37.4 Å². The molecule has 1 aliphatic heterocycles. The number of methoxy groups -OCH3 is 1. The SMILES string of the molecule is COC(=O)C(C)(N)CC1CN=C(c2ccccc2)c2ccccc2N1C. The second kappa shape index (κ2) is 7.30. The molecule has 0 radical (unpaired) electrons. The Bertz CT molecular complexity index is 815. The van der Waals surface area contributed by atoms with Crippen molar-refractivity contribution in [3.63, 3.8) is 0 Å². The molecule has 2 aromatic carbocycles. The number of likely N-dealkylation sites (N-methyl/N-ethyl adjacent to an activating group) is 1. The van der Waals surface area contributed by atoms with E-state index < -0.39 is 11.5 Å². The topological polar surface area (TPSA) is 67.9 Å². The van der Waals surface area contributed by atoms with Crippen LogP contribution in [0.4, 0.5) is 5.69 Å². The van der Waals surface area contributed by atoms with Crippen LogP contribution in [0.15, 0.2) is 59.6 Å². The molecule has 2 unspecified atom stereocenters. The highest BCUT2D eigenvalue weighted by atomic mass is 16.5. The first-order valence-electron chi connectivity index (χ1n) is 8.73. The predicted molar refractivity (Wildman–Crippen MR) is 105 cm³/mol. The van der Waals surface area contributed by atoms with Crippen LogP contribution in [0.5, 0.6) is 0 Å². The first-order chi connectivity index (χ1) is 12.4. The summed E-state index contributed by atoms with van der Waals surface area (Å²) in [5.41, 5.74) is 9.38. The molecule has 1 heterocycles. The number of benzene rings is 2. The Labute approximate surface area is 154 Å². The molecule has 136 valence electrons. The van der Waals surface area contributed by atoms with Gasteiger partial charge in [-0.2, -0.15) is 0 Å². The zero-order valence-corrected chi connectivity index (χ0v) is 15.5. The van der Waals surface area contributed by atoms with Gasteiger partial charge < -0.3 is 15.4 Å². The van der Waals surface area contributed by atoms with Gasteiger partial charge in [0.25, 0.3) is 0 Å². The molecule has 2 N–H and O–H groups in total. The maximum atomic E-state index is 12.0. The third kappa shape index (κ3) is 3.48. The summed E-state index contributed by atoms with van der Waals surface area (Å²) in [6, 6.07) is 18.4. The molecule has 0 fully saturated rings. The monoisotopic (exact) mass is 351 g/mol. The van der Waals surface area contributed by atoms with Crippen LogP contribution in [0.2, 0.25) is 0 Å². The number of para-hydroxylation sites is 1. The van der Waals surface area contributed by atoms with Gasteiger partial charge in [-0.15, -0.1) is 0 Å². The zero-order chi connectivity index (χ0) is 18.7. The second-order valence-electron chi connectivity index (χ2n) is 6.95. The Morgan fingerprint density at radius 1 is 1.23 bits per heavy atom. The Morgan fingerprint density at radius 3 is 2.58 bits per heavy atom. The van der Waals surface area contributed by atoms with Gasteiger partial charge in [-0.05, 0) is 19.4 Å². The first-order valence-corrected chi connectivity index (χ1v) is 8.73. The van der Waals surface area contributed by atoms with Crippen molar-refractivity contribution in [1.29, 1.82) is 0 Å². The second-order valence-corrected chi connectivity index (χ2v) is 6.95. The van der Waals surface area contributed by atoms with Crippen molar-refractivity contribution in [3.8, 4) is 0 Å². The number of rotatable bonds is 4. The smallest absolute Gasteiger partial charge is 0.325 e. The highest BCUT2D eigenvalue weighted by Crippen LogP contribution is 2.30. The van der Waals surface area contributed by atoms with Gasteiger partial charge in [-0.1, -0.05) is 48.5 Å². The molecule has 2 aromatic rings. The highest BCUT2D eigenvalue weighted by Gasteiger charge is 2.35. The van der Waals surface area contributed by atoms with Gasteiger partial charge in [0.2, 0.25) is 0 Å². The van der Waals surface area contributed by atoms with E-state index >= 15 is 0 Å². The lowest BCUT2D eigenvalue weighted by Crippen LogP contribution is -2.51. The maximum absolute atomic E-state index is 12.0. The quantitative estimate of drug-likeness (QED) is 0.860. The molecule has 0 aromatic heterocycles. The zero-order valence-electron chi connectivity index (χ0n) is 15.5. The number of anilines is 1. The molecule has 2 atom stereocenters. The average molecular weight is 351 g/mol. The van der Waals surface area contributed by atoms with Crippen molar-refractivity contribution in [2.45, 2.75) is 24.9 Å². The van der Waals surface area contributed by atoms with Crippen molar-refractivity contribution < 1.29 is 9.53 Å². The molecule has 3 rings (SSSR count). The van der Waals surface area contributed by atoms with Crippen molar-refractivity contribution in [1.82, 2.24) is 0 Å². The van der Waals surface area contributed by atoms with Gasteiger partial charge in [0.05, 0.1) is 25.4 Å². The van der Waals surface area contributed by atoms with E-state index in [9.17, 15) is 4.79 Å². The van der Waals surface area contributed by atoms with E-state index in [0.717, 1.165) is 22.5 Å². The Kier molecular flexibility index (Phi) is 5.09. The van der Waals surface area contributed by atoms with Crippen LogP contribution < -0.4 is 10.6 Å². The minimum atomic E-state index is -1.06. The normalized spacial score (nSPS) is 19.0. The van der Waals surface area contributed by atoms with E-state index in [0.29, 0.717) is 13.0 Å². The number of carbonyl (C=O) groups excluding carboxylic acids is 1. The molecular formula is C21H25N3O2. The maximum Gasteiger partial charge on any atom is 0.325 e. The van der Waals surface area contributed by atoms with Crippen LogP contribution in [-0.4, -0.2) is 44.0 Å². The van der Waals surface area contributed by atoms with Crippen molar-refractivity contribution in [2.75, 3.05) is 25.6 Å². The third-order valence-corrected chi connectivity index (χ3v) is 4.91. The number of aliphatic imine (C=N–C) groups is 1. The number of hydrogen-bond donors (Lipinski definition) is 1. The lowest BCUT2D eigenvalue weighted by Gasteiger charge is -2.33. The minimum Gasteiger partial charge on any atom is -0.468 e.